The van der Waals surface area contributed by atoms with Gasteiger partial charge in [0.15, 0.2) is 0 Å². The quantitative estimate of drug-likeness (QED) is 0.363. The first-order valence-electron chi connectivity index (χ1n) is 15.9. The molecule has 0 aromatic heterocycles. The molecule has 9 atom stereocenters. The average Bonchev–Trinajstić information content (AvgIpc) is 3.13. The summed E-state index contributed by atoms with van der Waals surface area (Å²) in [5, 5.41) is 0. The van der Waals surface area contributed by atoms with Gasteiger partial charge in [-0.25, -0.2) is 0 Å². The molecule has 0 heteroatoms. The molecular formula is C34H56. The van der Waals surface area contributed by atoms with E-state index in [4.69, 9.17) is 0 Å². The molecule has 0 nitrogen and oxygen atoms in total. The van der Waals surface area contributed by atoms with E-state index in [1.54, 1.807) is 25.7 Å². The molecule has 0 aromatic rings. The van der Waals surface area contributed by atoms with Crippen molar-refractivity contribution < 1.29 is 0 Å². The average molecular weight is 465 g/mol. The number of hydrogen-bond donors (Lipinski definition) is 0. The maximum atomic E-state index is 2.78. The van der Waals surface area contributed by atoms with Crippen LogP contribution in [0.3, 0.4) is 0 Å². The predicted octanol–water partition coefficient (Wildman–Crippen LogP) is 10.2. The van der Waals surface area contributed by atoms with Crippen molar-refractivity contribution in [3.05, 3.63) is 11.6 Å². The van der Waals surface area contributed by atoms with E-state index >= 15 is 0 Å². The Bertz CT molecular complexity index is 772. The highest BCUT2D eigenvalue weighted by atomic mass is 14.6. The molecule has 0 heterocycles. The second-order valence-corrected chi connectivity index (χ2v) is 16.0. The summed E-state index contributed by atoms with van der Waals surface area (Å²) in [7, 11) is 0. The maximum Gasteiger partial charge on any atom is -0.00853 e. The highest BCUT2D eigenvalue weighted by molar-refractivity contribution is 5.24. The van der Waals surface area contributed by atoms with Gasteiger partial charge in [0.2, 0.25) is 0 Å². The van der Waals surface area contributed by atoms with Gasteiger partial charge in [-0.15, -0.1) is 0 Å². The lowest BCUT2D eigenvalue weighted by molar-refractivity contribution is -0.0515. The SMILES string of the molecule is CC1CC2CC(C1)CC(C)(CCC(C)C1CCC3C4CC=C5CCCCC5(C)C4CCC13C)C2. The van der Waals surface area contributed by atoms with Crippen molar-refractivity contribution in [1.29, 1.82) is 0 Å². The van der Waals surface area contributed by atoms with Crippen LogP contribution in [0.15, 0.2) is 11.6 Å². The number of hydrogen-bond acceptors (Lipinski definition) is 0. The minimum absolute atomic E-state index is 0.567. The molecule has 0 aliphatic heterocycles. The van der Waals surface area contributed by atoms with E-state index in [-0.39, 0.29) is 0 Å². The van der Waals surface area contributed by atoms with Crippen LogP contribution in [0.1, 0.15) is 137 Å². The molecule has 192 valence electrons. The van der Waals surface area contributed by atoms with Crippen molar-refractivity contribution >= 4 is 0 Å². The van der Waals surface area contributed by atoms with Crippen molar-refractivity contribution in [1.82, 2.24) is 0 Å². The van der Waals surface area contributed by atoms with Gasteiger partial charge in [0, 0.05) is 0 Å². The van der Waals surface area contributed by atoms with Crippen LogP contribution in [0.2, 0.25) is 0 Å². The Morgan fingerprint density at radius 1 is 0.912 bits per heavy atom. The van der Waals surface area contributed by atoms with Crippen molar-refractivity contribution in [2.24, 2.45) is 63.6 Å². The van der Waals surface area contributed by atoms with E-state index in [0.29, 0.717) is 16.2 Å². The summed E-state index contributed by atoms with van der Waals surface area (Å²) in [6.45, 7) is 13.4. The maximum absolute atomic E-state index is 2.78. The second kappa shape index (κ2) is 8.65. The van der Waals surface area contributed by atoms with Gasteiger partial charge in [-0.05, 0) is 160 Å². The topological polar surface area (TPSA) is 0 Å². The Kier molecular flexibility index (Phi) is 6.13. The highest BCUT2D eigenvalue weighted by Crippen LogP contribution is 2.67. The van der Waals surface area contributed by atoms with Gasteiger partial charge in [0.05, 0.1) is 0 Å². The molecule has 6 aliphatic carbocycles. The molecule has 0 aromatic carbocycles. The zero-order valence-electron chi connectivity index (χ0n) is 23.5. The molecule has 34 heavy (non-hydrogen) atoms. The van der Waals surface area contributed by atoms with Crippen molar-refractivity contribution in [2.45, 2.75) is 137 Å². The van der Waals surface area contributed by atoms with Gasteiger partial charge in [0.25, 0.3) is 0 Å². The molecule has 2 bridgehead atoms. The third-order valence-electron chi connectivity index (χ3n) is 13.7. The van der Waals surface area contributed by atoms with E-state index in [0.717, 1.165) is 47.3 Å². The molecule has 0 radical (unpaired) electrons. The molecular weight excluding hydrogens is 408 g/mol. The normalized spacial score (nSPS) is 53.3. The summed E-state index contributed by atoms with van der Waals surface area (Å²) >= 11 is 0. The minimum atomic E-state index is 0.567. The Hall–Kier alpha value is -0.260. The van der Waals surface area contributed by atoms with Crippen LogP contribution >= 0.6 is 0 Å². The Morgan fingerprint density at radius 3 is 2.44 bits per heavy atom. The van der Waals surface area contributed by atoms with Crippen molar-refractivity contribution in [3.63, 3.8) is 0 Å². The second-order valence-electron chi connectivity index (χ2n) is 16.0. The first-order valence-corrected chi connectivity index (χ1v) is 15.9. The Labute approximate surface area is 212 Å². The Balaban J connectivity index is 1.12. The summed E-state index contributed by atoms with van der Waals surface area (Å²) in [5.41, 5.74) is 3.73. The molecule has 5 saturated carbocycles. The number of allylic oxidation sites excluding steroid dienone is 2. The van der Waals surface area contributed by atoms with Gasteiger partial charge in [-0.3, -0.25) is 0 Å². The number of rotatable bonds is 4. The fraction of sp³-hybridized carbons (Fsp3) is 0.941. The molecule has 5 fully saturated rings. The van der Waals surface area contributed by atoms with E-state index < -0.39 is 0 Å². The van der Waals surface area contributed by atoms with Crippen molar-refractivity contribution in [3.8, 4) is 0 Å². The number of fused-ring (bicyclic) bond motifs is 7. The van der Waals surface area contributed by atoms with Crippen LogP contribution in [-0.4, -0.2) is 0 Å². The summed E-state index contributed by atoms with van der Waals surface area (Å²) in [6.07, 6.45) is 26.9. The van der Waals surface area contributed by atoms with Crippen LogP contribution < -0.4 is 0 Å². The van der Waals surface area contributed by atoms with Gasteiger partial charge >= 0.3 is 0 Å². The summed E-state index contributed by atoms with van der Waals surface area (Å²) in [6, 6.07) is 0. The fourth-order valence-corrected chi connectivity index (χ4v) is 12.4. The fourth-order valence-electron chi connectivity index (χ4n) is 12.4. The smallest absolute Gasteiger partial charge is 0.00853 e. The minimum Gasteiger partial charge on any atom is -0.0845 e. The standard InChI is InChI=1S/C34H56/c1-23-18-25-20-26(19-23)22-32(3,21-25)16-13-24(2)29-11-12-30-28-10-9-27-8-6-7-15-33(27,4)31(28)14-17-34(29,30)5/h9,23-26,28-31H,6-8,10-22H2,1-5H3. The van der Waals surface area contributed by atoms with Gasteiger partial charge < -0.3 is 0 Å². The molecule has 6 rings (SSSR count). The Morgan fingerprint density at radius 2 is 1.68 bits per heavy atom. The van der Waals surface area contributed by atoms with Crippen LogP contribution in [0.4, 0.5) is 0 Å². The van der Waals surface area contributed by atoms with Crippen LogP contribution in [0.25, 0.3) is 0 Å². The van der Waals surface area contributed by atoms with E-state index in [1.165, 1.54) is 77.0 Å². The third-order valence-corrected chi connectivity index (χ3v) is 13.7. The van der Waals surface area contributed by atoms with E-state index in [1.807, 2.05) is 5.57 Å². The highest BCUT2D eigenvalue weighted by Gasteiger charge is 2.58. The predicted molar refractivity (Wildman–Crippen MR) is 146 cm³/mol. The first kappa shape index (κ1) is 24.1. The molecule has 0 spiro atoms. The molecule has 0 saturated heterocycles. The van der Waals surface area contributed by atoms with Gasteiger partial charge in [-0.2, -0.15) is 0 Å². The third kappa shape index (κ3) is 3.90. The summed E-state index contributed by atoms with van der Waals surface area (Å²) < 4.78 is 0. The molecule has 0 amide bonds. The van der Waals surface area contributed by atoms with Crippen molar-refractivity contribution in [2.75, 3.05) is 0 Å². The van der Waals surface area contributed by atoms with Crippen LogP contribution in [0, 0.1) is 63.6 Å². The lowest BCUT2D eigenvalue weighted by Crippen LogP contribution is -2.50. The first-order chi connectivity index (χ1) is 16.2. The monoisotopic (exact) mass is 464 g/mol. The molecule has 0 N–H and O–H groups in total. The molecule has 6 aliphatic rings. The molecule has 9 unspecified atom stereocenters. The lowest BCUT2D eigenvalue weighted by atomic mass is 9.47. The van der Waals surface area contributed by atoms with Crippen LogP contribution in [-0.2, 0) is 0 Å². The van der Waals surface area contributed by atoms with E-state index in [2.05, 4.69) is 40.7 Å². The zero-order valence-corrected chi connectivity index (χ0v) is 23.5. The summed E-state index contributed by atoms with van der Waals surface area (Å²) in [5.74, 6) is 8.05. The van der Waals surface area contributed by atoms with Gasteiger partial charge in [-0.1, -0.05) is 52.7 Å². The van der Waals surface area contributed by atoms with Crippen LogP contribution in [0.5, 0.6) is 0 Å². The van der Waals surface area contributed by atoms with E-state index in [9.17, 15) is 0 Å². The lowest BCUT2D eigenvalue weighted by Gasteiger charge is -2.58. The largest absolute Gasteiger partial charge is 0.0845 e. The summed E-state index contributed by atoms with van der Waals surface area (Å²) in [4.78, 5) is 0. The zero-order chi connectivity index (χ0) is 23.7. The van der Waals surface area contributed by atoms with Gasteiger partial charge in [0.1, 0.15) is 0 Å².